The first-order valence-corrected chi connectivity index (χ1v) is 9.36. The topological polar surface area (TPSA) is 56.2 Å². The molecule has 0 spiro atoms. The van der Waals surface area contributed by atoms with Crippen molar-refractivity contribution in [3.8, 4) is 0 Å². The Hall–Kier alpha value is -2.06. The average molecular weight is 414 g/mol. The number of benzene rings is 1. The number of anilines is 1. The van der Waals surface area contributed by atoms with Gasteiger partial charge < -0.3 is 10.1 Å². The van der Waals surface area contributed by atoms with Crippen molar-refractivity contribution < 1.29 is 22.7 Å². The second-order valence-corrected chi connectivity index (χ2v) is 7.78. The zero-order valence-corrected chi connectivity index (χ0v) is 16.0. The number of aromatic nitrogens is 2. The molecular formula is C19H19ClF3N3O2. The van der Waals surface area contributed by atoms with Gasteiger partial charge in [0.1, 0.15) is 0 Å². The number of hydrogen-bond acceptors (Lipinski definition) is 3. The number of halogens is 4. The number of hydrogen-bond donors (Lipinski definition) is 1. The number of fused-ring (bicyclic) bond motifs is 2. The SMILES string of the molecule is Cc1cc(NC(=O)[C@H]2[C@H](c3cc(C(F)(F)F)nn3C)[C@@H]3CC[C@H]2O3)ccc1Cl. The van der Waals surface area contributed by atoms with E-state index in [1.54, 1.807) is 18.2 Å². The van der Waals surface area contributed by atoms with Gasteiger partial charge in [0, 0.05) is 29.4 Å². The Morgan fingerprint density at radius 2 is 2.00 bits per heavy atom. The molecule has 2 bridgehead atoms. The van der Waals surface area contributed by atoms with Gasteiger partial charge in [0.15, 0.2) is 5.69 Å². The normalized spacial score (nSPS) is 26.6. The lowest BCUT2D eigenvalue weighted by Crippen LogP contribution is -2.36. The lowest BCUT2D eigenvalue weighted by Gasteiger charge is -2.27. The van der Waals surface area contributed by atoms with Crippen molar-refractivity contribution in [1.29, 1.82) is 0 Å². The quantitative estimate of drug-likeness (QED) is 0.816. The maximum Gasteiger partial charge on any atom is 0.435 e. The highest BCUT2D eigenvalue weighted by Gasteiger charge is 2.54. The van der Waals surface area contributed by atoms with Crippen LogP contribution in [0.2, 0.25) is 5.02 Å². The molecular weight excluding hydrogens is 395 g/mol. The summed E-state index contributed by atoms with van der Waals surface area (Å²) in [6.07, 6.45) is -3.71. The van der Waals surface area contributed by atoms with Gasteiger partial charge in [-0.25, -0.2) is 0 Å². The van der Waals surface area contributed by atoms with E-state index >= 15 is 0 Å². The van der Waals surface area contributed by atoms with Crippen LogP contribution in [0.3, 0.4) is 0 Å². The summed E-state index contributed by atoms with van der Waals surface area (Å²) in [4.78, 5) is 13.0. The summed E-state index contributed by atoms with van der Waals surface area (Å²) in [5.74, 6) is -1.32. The maximum absolute atomic E-state index is 13.1. The fourth-order valence-electron chi connectivity index (χ4n) is 4.27. The minimum absolute atomic E-state index is 0.270. The molecule has 4 rings (SSSR count). The van der Waals surface area contributed by atoms with Gasteiger partial charge in [0.2, 0.25) is 5.91 Å². The van der Waals surface area contributed by atoms with Crippen molar-refractivity contribution in [2.75, 3.05) is 5.32 Å². The summed E-state index contributed by atoms with van der Waals surface area (Å²) < 4.78 is 46.3. The highest BCUT2D eigenvalue weighted by atomic mass is 35.5. The number of carbonyl (C=O) groups excluding carboxylic acids is 1. The van der Waals surface area contributed by atoms with E-state index in [1.807, 2.05) is 6.92 Å². The molecule has 1 N–H and O–H groups in total. The van der Waals surface area contributed by atoms with Crippen LogP contribution in [0.5, 0.6) is 0 Å². The monoisotopic (exact) mass is 413 g/mol. The Balaban J connectivity index is 1.63. The molecule has 2 fully saturated rings. The summed E-state index contributed by atoms with van der Waals surface area (Å²) in [6, 6.07) is 6.18. The standard InChI is InChI=1S/C19H19ClF3N3O2/c1-9-7-10(3-4-11(9)20)24-18(27)17-14-6-5-13(28-14)16(17)12-8-15(19(21,22)23)25-26(12)2/h3-4,7-8,13-14,16-17H,5-6H2,1-2H3,(H,24,27)/t13-,14+,16+,17+/m0/s1. The molecule has 2 aliphatic heterocycles. The van der Waals surface area contributed by atoms with Crippen LogP contribution in [0.1, 0.15) is 35.7 Å². The highest BCUT2D eigenvalue weighted by molar-refractivity contribution is 6.31. The molecule has 28 heavy (non-hydrogen) atoms. The Morgan fingerprint density at radius 3 is 2.64 bits per heavy atom. The van der Waals surface area contributed by atoms with Crippen LogP contribution in [-0.4, -0.2) is 27.9 Å². The summed E-state index contributed by atoms with van der Waals surface area (Å²) in [5.41, 5.74) is 0.822. The number of alkyl halides is 3. The third-order valence-corrected chi connectivity index (χ3v) is 5.97. The van der Waals surface area contributed by atoms with E-state index in [1.165, 1.54) is 11.7 Å². The number of carbonyl (C=O) groups is 1. The summed E-state index contributed by atoms with van der Waals surface area (Å²) in [5, 5.41) is 7.05. The van der Waals surface area contributed by atoms with Crippen LogP contribution in [0, 0.1) is 12.8 Å². The van der Waals surface area contributed by atoms with Crippen LogP contribution in [0.25, 0.3) is 0 Å². The van der Waals surface area contributed by atoms with Gasteiger partial charge in [0.25, 0.3) is 0 Å². The Morgan fingerprint density at radius 1 is 1.29 bits per heavy atom. The predicted molar refractivity (Wildman–Crippen MR) is 97.2 cm³/mol. The van der Waals surface area contributed by atoms with Crippen molar-refractivity contribution in [3.05, 3.63) is 46.2 Å². The molecule has 2 aromatic rings. The van der Waals surface area contributed by atoms with E-state index in [4.69, 9.17) is 16.3 Å². The molecule has 9 heteroatoms. The van der Waals surface area contributed by atoms with E-state index in [0.717, 1.165) is 11.6 Å². The molecule has 5 nitrogen and oxygen atoms in total. The molecule has 0 radical (unpaired) electrons. The molecule has 150 valence electrons. The van der Waals surface area contributed by atoms with Crippen molar-refractivity contribution in [1.82, 2.24) is 9.78 Å². The predicted octanol–water partition coefficient (Wildman–Crippen LogP) is 4.30. The second-order valence-electron chi connectivity index (χ2n) is 7.37. The van der Waals surface area contributed by atoms with E-state index in [9.17, 15) is 18.0 Å². The molecule has 0 saturated carbocycles. The fraction of sp³-hybridized carbons (Fsp3) is 0.474. The first-order valence-electron chi connectivity index (χ1n) is 8.99. The molecule has 0 unspecified atom stereocenters. The second kappa shape index (κ2) is 6.77. The molecule has 1 amide bonds. The Bertz CT molecular complexity index is 928. The van der Waals surface area contributed by atoms with Gasteiger partial charge in [-0.2, -0.15) is 18.3 Å². The minimum Gasteiger partial charge on any atom is -0.373 e. The number of aryl methyl sites for hydroxylation is 2. The Labute approximate surface area is 164 Å². The smallest absolute Gasteiger partial charge is 0.373 e. The highest BCUT2D eigenvalue weighted by Crippen LogP contribution is 2.49. The van der Waals surface area contributed by atoms with Crippen LogP contribution >= 0.6 is 11.6 Å². The maximum atomic E-state index is 13.1. The molecule has 2 saturated heterocycles. The van der Waals surface area contributed by atoms with Crippen molar-refractivity contribution in [2.45, 2.75) is 44.1 Å². The lowest BCUT2D eigenvalue weighted by molar-refractivity contribution is -0.141. The third kappa shape index (κ3) is 3.28. The summed E-state index contributed by atoms with van der Waals surface area (Å²) in [7, 11) is 1.47. The van der Waals surface area contributed by atoms with E-state index < -0.39 is 23.7 Å². The van der Waals surface area contributed by atoms with Gasteiger partial charge in [-0.3, -0.25) is 9.48 Å². The van der Waals surface area contributed by atoms with Gasteiger partial charge in [-0.05, 0) is 49.6 Å². The van der Waals surface area contributed by atoms with Crippen LogP contribution in [0.15, 0.2) is 24.3 Å². The molecule has 1 aromatic heterocycles. The number of nitrogens with one attached hydrogen (secondary N) is 1. The number of amides is 1. The van der Waals surface area contributed by atoms with Crippen LogP contribution in [-0.2, 0) is 22.8 Å². The number of ether oxygens (including phenoxy) is 1. The largest absolute Gasteiger partial charge is 0.435 e. The van der Waals surface area contributed by atoms with Gasteiger partial charge >= 0.3 is 6.18 Å². The van der Waals surface area contributed by atoms with Crippen molar-refractivity contribution >= 4 is 23.2 Å². The van der Waals surface area contributed by atoms with E-state index in [-0.39, 0.29) is 18.1 Å². The molecule has 3 heterocycles. The zero-order chi connectivity index (χ0) is 20.2. The van der Waals surface area contributed by atoms with Crippen molar-refractivity contribution in [2.24, 2.45) is 13.0 Å². The molecule has 0 aliphatic carbocycles. The minimum atomic E-state index is -4.53. The summed E-state index contributed by atoms with van der Waals surface area (Å²) >= 11 is 6.02. The Kier molecular flexibility index (Phi) is 4.66. The van der Waals surface area contributed by atoms with E-state index in [0.29, 0.717) is 29.2 Å². The summed E-state index contributed by atoms with van der Waals surface area (Å²) in [6.45, 7) is 1.83. The van der Waals surface area contributed by atoms with Gasteiger partial charge in [0.05, 0.1) is 18.1 Å². The van der Waals surface area contributed by atoms with Gasteiger partial charge in [-0.1, -0.05) is 11.6 Å². The first-order chi connectivity index (χ1) is 13.1. The van der Waals surface area contributed by atoms with Gasteiger partial charge in [-0.15, -0.1) is 0 Å². The lowest BCUT2D eigenvalue weighted by atomic mass is 9.76. The zero-order valence-electron chi connectivity index (χ0n) is 15.3. The fourth-order valence-corrected chi connectivity index (χ4v) is 4.38. The molecule has 4 atom stereocenters. The number of rotatable bonds is 3. The molecule has 2 aliphatic rings. The van der Waals surface area contributed by atoms with Crippen LogP contribution < -0.4 is 5.32 Å². The average Bonchev–Trinajstić information content (AvgIpc) is 3.31. The number of nitrogens with zero attached hydrogens (tertiary/aromatic N) is 2. The first kappa shape index (κ1) is 19.3. The van der Waals surface area contributed by atoms with E-state index in [2.05, 4.69) is 10.4 Å². The third-order valence-electron chi connectivity index (χ3n) is 5.55. The molecule has 1 aromatic carbocycles. The van der Waals surface area contributed by atoms with Crippen molar-refractivity contribution in [3.63, 3.8) is 0 Å². The van der Waals surface area contributed by atoms with Crippen LogP contribution in [0.4, 0.5) is 18.9 Å².